The van der Waals surface area contributed by atoms with Gasteiger partial charge in [-0.25, -0.2) is 8.78 Å². The van der Waals surface area contributed by atoms with E-state index in [2.05, 4.69) is 11.8 Å². The summed E-state index contributed by atoms with van der Waals surface area (Å²) in [5, 5.41) is 0. The van der Waals surface area contributed by atoms with Crippen LogP contribution in [0.4, 0.5) is 8.78 Å². The second-order valence-corrected chi connectivity index (χ2v) is 3.31. The molecule has 0 bridgehead atoms. The Balaban J connectivity index is 1.91. The highest BCUT2D eigenvalue weighted by molar-refractivity contribution is 5.24. The molecule has 0 saturated heterocycles. The van der Waals surface area contributed by atoms with Crippen molar-refractivity contribution in [2.75, 3.05) is 6.61 Å². The normalized spacial score (nSPS) is 47.7. The molecule has 2 atom stereocenters. The first-order chi connectivity index (χ1) is 4.62. The van der Waals surface area contributed by atoms with E-state index < -0.39 is 11.3 Å². The molecular formula is C7H9F2O. The van der Waals surface area contributed by atoms with Crippen LogP contribution in [0.15, 0.2) is 0 Å². The molecule has 1 nitrogen and oxygen atoms in total. The molecular weight excluding hydrogens is 138 g/mol. The van der Waals surface area contributed by atoms with Crippen LogP contribution in [0.1, 0.15) is 12.8 Å². The highest BCUT2D eigenvalue weighted by Crippen LogP contribution is 2.79. The van der Waals surface area contributed by atoms with Gasteiger partial charge in [0.25, 0.3) is 5.92 Å². The number of halogens is 2. The lowest BCUT2D eigenvalue weighted by atomic mass is 10.3. The van der Waals surface area contributed by atoms with E-state index in [1.807, 2.05) is 0 Å². The summed E-state index contributed by atoms with van der Waals surface area (Å²) in [6, 6.07) is 0. The van der Waals surface area contributed by atoms with Crippen LogP contribution in [0.5, 0.6) is 0 Å². The zero-order valence-corrected chi connectivity index (χ0v) is 5.57. The minimum Gasteiger partial charge on any atom is -0.379 e. The topological polar surface area (TPSA) is 9.23 Å². The van der Waals surface area contributed by atoms with E-state index in [9.17, 15) is 8.78 Å². The minimum atomic E-state index is -2.38. The fourth-order valence-corrected chi connectivity index (χ4v) is 1.76. The Morgan fingerprint density at radius 1 is 1.60 bits per heavy atom. The van der Waals surface area contributed by atoms with E-state index in [0.29, 0.717) is 13.0 Å². The van der Waals surface area contributed by atoms with Crippen LogP contribution in [0.25, 0.3) is 0 Å². The van der Waals surface area contributed by atoms with Crippen LogP contribution < -0.4 is 0 Å². The van der Waals surface area contributed by atoms with Crippen molar-refractivity contribution in [1.82, 2.24) is 0 Å². The first kappa shape index (κ1) is 6.53. The van der Waals surface area contributed by atoms with Crippen molar-refractivity contribution in [3.63, 3.8) is 0 Å². The van der Waals surface area contributed by atoms with Gasteiger partial charge < -0.3 is 4.74 Å². The largest absolute Gasteiger partial charge is 0.379 e. The first-order valence-electron chi connectivity index (χ1n) is 3.37. The maximum atomic E-state index is 12.5. The molecule has 0 aliphatic heterocycles. The smallest absolute Gasteiger partial charge is 0.255 e. The van der Waals surface area contributed by atoms with Crippen molar-refractivity contribution in [3.8, 4) is 0 Å². The second kappa shape index (κ2) is 1.52. The molecule has 0 heterocycles. The molecule has 2 aliphatic rings. The Kier molecular flexibility index (Phi) is 0.994. The molecule has 57 valence electrons. The van der Waals surface area contributed by atoms with Gasteiger partial charge in [0.2, 0.25) is 0 Å². The summed E-state index contributed by atoms with van der Waals surface area (Å²) in [5.41, 5.74) is -0.634. The molecule has 2 fully saturated rings. The van der Waals surface area contributed by atoms with Crippen LogP contribution in [0.3, 0.4) is 0 Å². The first-order valence-corrected chi connectivity index (χ1v) is 3.37. The van der Waals surface area contributed by atoms with Gasteiger partial charge in [0.05, 0.1) is 13.7 Å². The average molecular weight is 147 g/mol. The van der Waals surface area contributed by atoms with Crippen LogP contribution in [0, 0.1) is 18.4 Å². The predicted octanol–water partition coefficient (Wildman–Crippen LogP) is 1.84. The third-order valence-corrected chi connectivity index (χ3v) is 2.69. The van der Waals surface area contributed by atoms with Gasteiger partial charge in [0.15, 0.2) is 0 Å². The summed E-state index contributed by atoms with van der Waals surface area (Å²) in [6.07, 6.45) is 0.712. The molecule has 0 N–H and O–H groups in total. The Labute approximate surface area is 58.4 Å². The Hall–Kier alpha value is -0.180. The number of hydrogen-bond acceptors (Lipinski definition) is 1. The molecule has 0 aromatic rings. The lowest BCUT2D eigenvalue weighted by Gasteiger charge is -1.94. The second-order valence-electron chi connectivity index (χ2n) is 3.31. The molecule has 1 spiro atoms. The van der Waals surface area contributed by atoms with E-state index in [0.717, 1.165) is 0 Å². The fourth-order valence-electron chi connectivity index (χ4n) is 1.76. The van der Waals surface area contributed by atoms with E-state index >= 15 is 0 Å². The minimum absolute atomic E-state index is 0.0774. The van der Waals surface area contributed by atoms with Crippen molar-refractivity contribution in [1.29, 1.82) is 0 Å². The van der Waals surface area contributed by atoms with Crippen LogP contribution in [-0.4, -0.2) is 12.5 Å². The summed E-state index contributed by atoms with van der Waals surface area (Å²) in [4.78, 5) is 0. The highest BCUT2D eigenvalue weighted by atomic mass is 19.3. The molecule has 1 radical (unpaired) electrons. The van der Waals surface area contributed by atoms with Crippen LogP contribution in [0.2, 0.25) is 0 Å². The van der Waals surface area contributed by atoms with Crippen LogP contribution >= 0.6 is 0 Å². The van der Waals surface area contributed by atoms with Crippen molar-refractivity contribution < 1.29 is 13.5 Å². The zero-order chi connectivity index (χ0) is 7.41. The molecule has 2 rings (SSSR count). The number of ether oxygens (including phenoxy) is 1. The van der Waals surface area contributed by atoms with Gasteiger partial charge in [-0.05, 0) is 12.3 Å². The summed E-state index contributed by atoms with van der Waals surface area (Å²) < 4.78 is 29.5. The van der Waals surface area contributed by atoms with Gasteiger partial charge in [0, 0.05) is 11.8 Å². The van der Waals surface area contributed by atoms with E-state index in [-0.39, 0.29) is 12.3 Å². The van der Waals surface area contributed by atoms with Gasteiger partial charge >= 0.3 is 0 Å². The SMILES string of the molecule is [CH2]OCC1CC12CC2(F)F. The van der Waals surface area contributed by atoms with Gasteiger partial charge in [-0.2, -0.15) is 0 Å². The molecule has 0 amide bonds. The molecule has 2 unspecified atom stereocenters. The molecule has 2 saturated carbocycles. The Bertz CT molecular complexity index is 169. The van der Waals surface area contributed by atoms with E-state index in [4.69, 9.17) is 0 Å². The standard InChI is InChI=1S/C7H9F2O/c1-10-3-5-2-6(5)4-7(6,8)9/h5H,1-4H2. The van der Waals surface area contributed by atoms with E-state index in [1.165, 1.54) is 0 Å². The number of rotatable bonds is 2. The maximum absolute atomic E-state index is 12.5. The maximum Gasteiger partial charge on any atom is 0.255 e. The van der Waals surface area contributed by atoms with Crippen molar-refractivity contribution in [2.45, 2.75) is 18.8 Å². The molecule has 0 aromatic heterocycles. The molecule has 3 heteroatoms. The molecule has 10 heavy (non-hydrogen) atoms. The summed E-state index contributed by atoms with van der Waals surface area (Å²) in [7, 11) is 3.16. The summed E-state index contributed by atoms with van der Waals surface area (Å²) >= 11 is 0. The number of alkyl halides is 2. The summed E-state index contributed by atoms with van der Waals surface area (Å²) in [5.74, 6) is -2.30. The van der Waals surface area contributed by atoms with Gasteiger partial charge in [-0.1, -0.05) is 0 Å². The lowest BCUT2D eigenvalue weighted by Crippen LogP contribution is -1.99. The monoisotopic (exact) mass is 147 g/mol. The Morgan fingerprint density at radius 2 is 2.20 bits per heavy atom. The molecule has 0 aromatic carbocycles. The van der Waals surface area contributed by atoms with Gasteiger partial charge in [0.1, 0.15) is 0 Å². The highest BCUT2D eigenvalue weighted by Gasteiger charge is 2.83. The van der Waals surface area contributed by atoms with Crippen LogP contribution in [-0.2, 0) is 4.74 Å². The Morgan fingerprint density at radius 3 is 2.50 bits per heavy atom. The third-order valence-electron chi connectivity index (χ3n) is 2.69. The zero-order valence-electron chi connectivity index (χ0n) is 5.57. The van der Waals surface area contributed by atoms with Gasteiger partial charge in [-0.15, -0.1) is 0 Å². The van der Waals surface area contributed by atoms with E-state index in [1.54, 1.807) is 0 Å². The molecule has 2 aliphatic carbocycles. The summed E-state index contributed by atoms with van der Waals surface area (Å²) in [6.45, 7) is 0.398. The van der Waals surface area contributed by atoms with Crippen molar-refractivity contribution in [2.24, 2.45) is 11.3 Å². The van der Waals surface area contributed by atoms with Crippen molar-refractivity contribution >= 4 is 0 Å². The van der Waals surface area contributed by atoms with Gasteiger partial charge in [-0.3, -0.25) is 0 Å². The lowest BCUT2D eigenvalue weighted by molar-refractivity contribution is 0.0841. The quantitative estimate of drug-likeness (QED) is 0.579. The predicted molar refractivity (Wildman–Crippen MR) is 31.4 cm³/mol. The third kappa shape index (κ3) is 0.590. The van der Waals surface area contributed by atoms with Crippen molar-refractivity contribution in [3.05, 3.63) is 7.11 Å². The average Bonchev–Trinajstić information content (AvgIpc) is 2.55. The number of hydrogen-bond donors (Lipinski definition) is 0. The fraction of sp³-hybridized carbons (Fsp3) is 0.857.